The summed E-state index contributed by atoms with van der Waals surface area (Å²) in [7, 11) is 0. The van der Waals surface area contributed by atoms with Gasteiger partial charge in [0.1, 0.15) is 6.61 Å². The summed E-state index contributed by atoms with van der Waals surface area (Å²) in [5.74, 6) is 0.512. The predicted octanol–water partition coefficient (Wildman–Crippen LogP) is 2.40. The molecule has 0 spiro atoms. The van der Waals surface area contributed by atoms with Crippen LogP contribution in [0.25, 0.3) is 0 Å². The minimum absolute atomic E-state index is 0.285. The van der Waals surface area contributed by atoms with Gasteiger partial charge in [0.15, 0.2) is 0 Å². The zero-order valence-electron chi connectivity index (χ0n) is 11.5. The molecule has 1 aliphatic rings. The summed E-state index contributed by atoms with van der Waals surface area (Å²) >= 11 is 0. The minimum atomic E-state index is -0.357. The SMILES string of the molecule is C=C/C=C(\CC=C)COC(=O)NCC1CCCNC1. The first kappa shape index (κ1) is 15.5. The highest BCUT2D eigenvalue weighted by Crippen LogP contribution is 2.08. The lowest BCUT2D eigenvalue weighted by Gasteiger charge is -2.22. The summed E-state index contributed by atoms with van der Waals surface area (Å²) in [6.07, 6.45) is 7.99. The second-order valence-corrected chi connectivity index (χ2v) is 4.72. The molecule has 4 heteroatoms. The molecule has 1 amide bonds. The maximum atomic E-state index is 11.6. The van der Waals surface area contributed by atoms with E-state index in [1.807, 2.05) is 6.08 Å². The fourth-order valence-electron chi connectivity index (χ4n) is 2.06. The van der Waals surface area contributed by atoms with Gasteiger partial charge in [-0.1, -0.05) is 24.8 Å². The third-order valence-electron chi connectivity index (χ3n) is 3.08. The monoisotopic (exact) mass is 264 g/mol. The van der Waals surface area contributed by atoms with Crippen LogP contribution >= 0.6 is 0 Å². The van der Waals surface area contributed by atoms with E-state index in [4.69, 9.17) is 4.74 Å². The van der Waals surface area contributed by atoms with Crippen molar-refractivity contribution in [2.24, 2.45) is 5.92 Å². The van der Waals surface area contributed by atoms with Crippen LogP contribution in [-0.4, -0.2) is 32.3 Å². The van der Waals surface area contributed by atoms with E-state index in [-0.39, 0.29) is 12.7 Å². The van der Waals surface area contributed by atoms with Crippen molar-refractivity contribution >= 4 is 6.09 Å². The van der Waals surface area contributed by atoms with Gasteiger partial charge in [0, 0.05) is 6.54 Å². The normalized spacial score (nSPS) is 19.6. The number of carbonyl (C=O) groups is 1. The summed E-state index contributed by atoms with van der Waals surface area (Å²) in [6, 6.07) is 0. The van der Waals surface area contributed by atoms with E-state index in [2.05, 4.69) is 23.8 Å². The molecule has 4 nitrogen and oxygen atoms in total. The Labute approximate surface area is 115 Å². The van der Waals surface area contributed by atoms with E-state index in [1.54, 1.807) is 12.2 Å². The third-order valence-corrected chi connectivity index (χ3v) is 3.08. The van der Waals surface area contributed by atoms with Crippen LogP contribution in [-0.2, 0) is 4.74 Å². The van der Waals surface area contributed by atoms with E-state index in [0.717, 1.165) is 25.1 Å². The van der Waals surface area contributed by atoms with Crippen molar-refractivity contribution in [3.63, 3.8) is 0 Å². The van der Waals surface area contributed by atoms with Gasteiger partial charge >= 0.3 is 6.09 Å². The zero-order chi connectivity index (χ0) is 13.9. The topological polar surface area (TPSA) is 50.4 Å². The molecule has 0 aromatic carbocycles. The molecule has 1 rings (SSSR count). The van der Waals surface area contributed by atoms with Gasteiger partial charge in [0.05, 0.1) is 0 Å². The number of hydrogen-bond donors (Lipinski definition) is 2. The number of hydrogen-bond acceptors (Lipinski definition) is 3. The van der Waals surface area contributed by atoms with Crippen LogP contribution in [0.1, 0.15) is 19.3 Å². The van der Waals surface area contributed by atoms with Crippen LogP contribution < -0.4 is 10.6 Å². The molecule has 1 unspecified atom stereocenters. The summed E-state index contributed by atoms with van der Waals surface area (Å²) in [5, 5.41) is 6.13. The molecule has 1 saturated heterocycles. The molecule has 19 heavy (non-hydrogen) atoms. The van der Waals surface area contributed by atoms with E-state index in [0.29, 0.717) is 18.9 Å². The van der Waals surface area contributed by atoms with Crippen LogP contribution in [0.5, 0.6) is 0 Å². The fraction of sp³-hybridized carbons (Fsp3) is 0.533. The highest BCUT2D eigenvalue weighted by molar-refractivity contribution is 5.67. The zero-order valence-corrected chi connectivity index (χ0v) is 11.5. The molecule has 1 aliphatic heterocycles. The lowest BCUT2D eigenvalue weighted by molar-refractivity contribution is 0.152. The van der Waals surface area contributed by atoms with Crippen LogP contribution in [0.15, 0.2) is 37.0 Å². The van der Waals surface area contributed by atoms with Crippen molar-refractivity contribution in [1.82, 2.24) is 10.6 Å². The number of nitrogens with one attached hydrogen (secondary N) is 2. The van der Waals surface area contributed by atoms with Gasteiger partial charge in [0.25, 0.3) is 0 Å². The van der Waals surface area contributed by atoms with Crippen molar-refractivity contribution in [3.8, 4) is 0 Å². The Morgan fingerprint density at radius 1 is 1.47 bits per heavy atom. The summed E-state index contributed by atoms with van der Waals surface area (Å²) < 4.78 is 5.17. The fourth-order valence-corrected chi connectivity index (χ4v) is 2.06. The first-order chi connectivity index (χ1) is 9.26. The Morgan fingerprint density at radius 2 is 2.32 bits per heavy atom. The lowest BCUT2D eigenvalue weighted by atomic mass is 10.00. The van der Waals surface area contributed by atoms with Gasteiger partial charge in [0.2, 0.25) is 0 Å². The van der Waals surface area contributed by atoms with E-state index in [9.17, 15) is 4.79 Å². The summed E-state index contributed by atoms with van der Waals surface area (Å²) in [5.41, 5.74) is 0.986. The van der Waals surface area contributed by atoms with Crippen LogP contribution in [0, 0.1) is 5.92 Å². The molecule has 0 radical (unpaired) electrons. The Bertz CT molecular complexity index is 331. The second kappa shape index (κ2) is 9.39. The number of allylic oxidation sites excluding steroid dienone is 3. The molecule has 0 saturated carbocycles. The molecule has 0 aromatic rings. The molecule has 0 aromatic heterocycles. The maximum absolute atomic E-state index is 11.6. The molecule has 0 aliphatic carbocycles. The van der Waals surface area contributed by atoms with Crippen LogP contribution in [0.3, 0.4) is 0 Å². The van der Waals surface area contributed by atoms with E-state index in [1.165, 1.54) is 6.42 Å². The molecule has 1 fully saturated rings. The Morgan fingerprint density at radius 3 is 2.95 bits per heavy atom. The van der Waals surface area contributed by atoms with Gasteiger partial charge in [-0.05, 0) is 43.8 Å². The van der Waals surface area contributed by atoms with Crippen molar-refractivity contribution in [2.45, 2.75) is 19.3 Å². The Balaban J connectivity index is 2.20. The first-order valence-electron chi connectivity index (χ1n) is 6.79. The predicted molar refractivity (Wildman–Crippen MR) is 78.0 cm³/mol. The number of amides is 1. The van der Waals surface area contributed by atoms with Crippen molar-refractivity contribution < 1.29 is 9.53 Å². The van der Waals surface area contributed by atoms with Crippen molar-refractivity contribution in [3.05, 3.63) is 37.0 Å². The molecule has 2 N–H and O–H groups in total. The number of piperidine rings is 1. The largest absolute Gasteiger partial charge is 0.445 e. The molecular formula is C15H24N2O2. The van der Waals surface area contributed by atoms with Crippen LogP contribution in [0.4, 0.5) is 4.79 Å². The quantitative estimate of drug-likeness (QED) is 0.548. The number of alkyl carbamates (subject to hydrolysis) is 1. The average molecular weight is 264 g/mol. The Hall–Kier alpha value is -1.55. The van der Waals surface area contributed by atoms with Crippen molar-refractivity contribution in [2.75, 3.05) is 26.2 Å². The highest BCUT2D eigenvalue weighted by Gasteiger charge is 2.14. The van der Waals surface area contributed by atoms with Gasteiger partial charge in [-0.3, -0.25) is 0 Å². The molecule has 106 valence electrons. The van der Waals surface area contributed by atoms with Crippen molar-refractivity contribution in [1.29, 1.82) is 0 Å². The average Bonchev–Trinajstić information content (AvgIpc) is 2.44. The van der Waals surface area contributed by atoms with Gasteiger partial charge in [-0.15, -0.1) is 6.58 Å². The minimum Gasteiger partial charge on any atom is -0.445 e. The standard InChI is InChI=1S/C15H24N2O2/c1-3-6-13(7-4-2)12-19-15(18)17-11-14-8-5-9-16-10-14/h3-4,6,14,16H,1-2,5,7-12H2,(H,17,18)/b13-6+. The molecule has 1 atom stereocenters. The van der Waals surface area contributed by atoms with Crippen LogP contribution in [0.2, 0.25) is 0 Å². The maximum Gasteiger partial charge on any atom is 0.407 e. The van der Waals surface area contributed by atoms with Gasteiger partial charge < -0.3 is 15.4 Å². The second-order valence-electron chi connectivity index (χ2n) is 4.72. The lowest BCUT2D eigenvalue weighted by Crippen LogP contribution is -2.38. The number of rotatable bonds is 7. The Kier molecular flexibility index (Phi) is 7.66. The first-order valence-corrected chi connectivity index (χ1v) is 6.79. The van der Waals surface area contributed by atoms with E-state index >= 15 is 0 Å². The third kappa shape index (κ3) is 6.82. The molecule has 0 bridgehead atoms. The van der Waals surface area contributed by atoms with E-state index < -0.39 is 0 Å². The van der Waals surface area contributed by atoms with Gasteiger partial charge in [-0.25, -0.2) is 4.79 Å². The number of carbonyl (C=O) groups excluding carboxylic acids is 1. The molecule has 1 heterocycles. The summed E-state index contributed by atoms with van der Waals surface area (Å²) in [4.78, 5) is 11.6. The highest BCUT2D eigenvalue weighted by atomic mass is 16.5. The smallest absolute Gasteiger partial charge is 0.407 e. The summed E-state index contributed by atoms with van der Waals surface area (Å²) in [6.45, 7) is 10.3. The molecular weight excluding hydrogens is 240 g/mol. The van der Waals surface area contributed by atoms with Gasteiger partial charge in [-0.2, -0.15) is 0 Å². The number of ether oxygens (including phenoxy) is 1.